The first kappa shape index (κ1) is 24.9. The van der Waals surface area contributed by atoms with Gasteiger partial charge in [0.2, 0.25) is 5.91 Å². The summed E-state index contributed by atoms with van der Waals surface area (Å²) < 4.78 is 25.1. The number of halogens is 1. The molecule has 3 aromatic rings. The summed E-state index contributed by atoms with van der Waals surface area (Å²) in [5, 5.41) is 2.00. The predicted molar refractivity (Wildman–Crippen MR) is 133 cm³/mol. The minimum atomic E-state index is -0.443. The molecule has 6 nitrogen and oxygen atoms in total. The quantitative estimate of drug-likeness (QED) is 0.438. The van der Waals surface area contributed by atoms with Gasteiger partial charge in [0, 0.05) is 30.6 Å². The molecule has 1 aliphatic heterocycles. The van der Waals surface area contributed by atoms with E-state index in [0.717, 1.165) is 17.5 Å². The summed E-state index contributed by atoms with van der Waals surface area (Å²) in [6, 6.07) is 15.2. The average Bonchev–Trinajstić information content (AvgIpc) is 3.35. The van der Waals surface area contributed by atoms with Crippen molar-refractivity contribution in [2.24, 2.45) is 0 Å². The van der Waals surface area contributed by atoms with Gasteiger partial charge < -0.3 is 19.3 Å². The van der Waals surface area contributed by atoms with Gasteiger partial charge in [-0.2, -0.15) is 0 Å². The second-order valence-electron chi connectivity index (χ2n) is 8.48. The smallest absolute Gasteiger partial charge is 0.254 e. The Balaban J connectivity index is 1.53. The van der Waals surface area contributed by atoms with Gasteiger partial charge in [-0.1, -0.05) is 29.8 Å². The number of carbonyl (C=O) groups is 2. The van der Waals surface area contributed by atoms with Gasteiger partial charge in [-0.25, -0.2) is 4.39 Å². The van der Waals surface area contributed by atoms with Crippen LogP contribution in [0.15, 0.2) is 60.0 Å². The molecule has 184 valence electrons. The third-order valence-electron chi connectivity index (χ3n) is 6.13. The normalized spacial score (nSPS) is 14.9. The summed E-state index contributed by atoms with van der Waals surface area (Å²) in [4.78, 5) is 31.2. The van der Waals surface area contributed by atoms with E-state index >= 15 is 0 Å². The first-order valence-corrected chi connectivity index (χ1v) is 12.4. The van der Waals surface area contributed by atoms with Crippen LogP contribution in [0.25, 0.3) is 0 Å². The van der Waals surface area contributed by atoms with E-state index in [9.17, 15) is 14.0 Å². The topological polar surface area (TPSA) is 59.1 Å². The van der Waals surface area contributed by atoms with Gasteiger partial charge >= 0.3 is 0 Å². The molecular formula is C27H29FN2O4S. The van der Waals surface area contributed by atoms with Crippen LogP contribution in [0.5, 0.6) is 5.75 Å². The SMILES string of the molecule is COCCN(CC(=O)N1CCc2sccc2C1COc1ccccc1F)C(=O)c1ccc(C)cc1. The number of aryl methyl sites for hydroxylation is 1. The van der Waals surface area contributed by atoms with Crippen molar-refractivity contribution in [2.75, 3.05) is 40.0 Å². The Hall–Kier alpha value is -3.23. The summed E-state index contributed by atoms with van der Waals surface area (Å²) in [6.45, 7) is 3.13. The van der Waals surface area contributed by atoms with E-state index < -0.39 is 5.82 Å². The number of carbonyl (C=O) groups excluding carboxylic acids is 2. The minimum Gasteiger partial charge on any atom is -0.488 e. The van der Waals surface area contributed by atoms with Crippen molar-refractivity contribution in [3.8, 4) is 5.75 Å². The van der Waals surface area contributed by atoms with E-state index in [1.807, 2.05) is 30.5 Å². The van der Waals surface area contributed by atoms with E-state index in [2.05, 4.69) is 0 Å². The number of rotatable bonds is 9. The number of amides is 2. The maximum atomic E-state index is 14.1. The van der Waals surface area contributed by atoms with Crippen molar-refractivity contribution in [3.63, 3.8) is 0 Å². The molecule has 0 radical (unpaired) electrons. The van der Waals surface area contributed by atoms with Crippen LogP contribution in [0.4, 0.5) is 4.39 Å². The van der Waals surface area contributed by atoms with E-state index in [4.69, 9.17) is 9.47 Å². The zero-order valence-corrected chi connectivity index (χ0v) is 20.7. The Bertz CT molecular complexity index is 1160. The molecule has 0 spiro atoms. The molecule has 35 heavy (non-hydrogen) atoms. The summed E-state index contributed by atoms with van der Waals surface area (Å²) in [5.74, 6) is -0.692. The molecule has 0 N–H and O–H groups in total. The Morgan fingerprint density at radius 3 is 2.66 bits per heavy atom. The van der Waals surface area contributed by atoms with E-state index in [0.29, 0.717) is 25.3 Å². The number of hydrogen-bond donors (Lipinski definition) is 0. The van der Waals surface area contributed by atoms with Gasteiger partial charge in [-0.3, -0.25) is 9.59 Å². The van der Waals surface area contributed by atoms with Crippen molar-refractivity contribution in [2.45, 2.75) is 19.4 Å². The molecule has 4 rings (SSSR count). The largest absolute Gasteiger partial charge is 0.488 e. The van der Waals surface area contributed by atoms with E-state index in [1.165, 1.54) is 15.8 Å². The lowest BCUT2D eigenvalue weighted by Crippen LogP contribution is -2.48. The minimum absolute atomic E-state index is 0.0776. The summed E-state index contributed by atoms with van der Waals surface area (Å²) >= 11 is 1.65. The third-order valence-corrected chi connectivity index (χ3v) is 7.12. The molecule has 2 heterocycles. The predicted octanol–water partition coefficient (Wildman–Crippen LogP) is 4.49. The van der Waals surface area contributed by atoms with Crippen molar-refractivity contribution < 1.29 is 23.5 Å². The highest BCUT2D eigenvalue weighted by atomic mass is 32.1. The lowest BCUT2D eigenvalue weighted by atomic mass is 10.0. The molecule has 0 saturated carbocycles. The van der Waals surface area contributed by atoms with Gasteiger partial charge in [0.25, 0.3) is 5.91 Å². The second-order valence-corrected chi connectivity index (χ2v) is 9.48. The number of benzene rings is 2. The summed E-state index contributed by atoms with van der Waals surface area (Å²) in [6.07, 6.45) is 0.735. The third kappa shape index (κ3) is 5.89. The van der Waals surface area contributed by atoms with Crippen molar-refractivity contribution in [3.05, 3.63) is 87.4 Å². The Labute approximate surface area is 208 Å². The molecule has 1 unspecified atom stereocenters. The number of nitrogens with zero attached hydrogens (tertiary/aromatic N) is 2. The number of hydrogen-bond acceptors (Lipinski definition) is 5. The number of ether oxygens (including phenoxy) is 2. The number of para-hydroxylation sites is 1. The van der Waals surface area contributed by atoms with Gasteiger partial charge in [-0.05, 0) is 54.6 Å². The van der Waals surface area contributed by atoms with Crippen molar-refractivity contribution in [1.29, 1.82) is 0 Å². The van der Waals surface area contributed by atoms with E-state index in [1.54, 1.807) is 53.7 Å². The van der Waals surface area contributed by atoms with Gasteiger partial charge in [0.1, 0.15) is 13.2 Å². The molecule has 0 bridgehead atoms. The van der Waals surface area contributed by atoms with Crippen LogP contribution in [0, 0.1) is 12.7 Å². The van der Waals surface area contributed by atoms with Crippen molar-refractivity contribution in [1.82, 2.24) is 9.80 Å². The molecule has 2 amide bonds. The molecule has 1 atom stereocenters. The Morgan fingerprint density at radius 1 is 1.14 bits per heavy atom. The molecule has 1 aliphatic rings. The van der Waals surface area contributed by atoms with Crippen molar-refractivity contribution >= 4 is 23.2 Å². The lowest BCUT2D eigenvalue weighted by Gasteiger charge is -2.37. The average molecular weight is 497 g/mol. The fourth-order valence-electron chi connectivity index (χ4n) is 4.19. The van der Waals surface area contributed by atoms with Gasteiger partial charge in [0.05, 0.1) is 12.6 Å². The van der Waals surface area contributed by atoms with Crippen LogP contribution in [0.2, 0.25) is 0 Å². The highest BCUT2D eigenvalue weighted by Gasteiger charge is 2.33. The zero-order chi connectivity index (χ0) is 24.8. The standard InChI is InChI=1S/C27H29FN2O4S/c1-19-7-9-20(10-8-19)27(32)29(14-15-33-2)17-26(31)30-13-11-25-21(12-16-35-25)23(30)18-34-24-6-4-3-5-22(24)28/h3-10,12,16,23H,11,13-15,17-18H2,1-2H3. The van der Waals surface area contributed by atoms with E-state index in [-0.39, 0.29) is 36.8 Å². The molecule has 0 saturated heterocycles. The number of thiophene rings is 1. The Kier molecular flexibility index (Phi) is 8.15. The fraction of sp³-hybridized carbons (Fsp3) is 0.333. The molecule has 1 aromatic heterocycles. The van der Waals surface area contributed by atoms with Gasteiger partial charge in [-0.15, -0.1) is 11.3 Å². The molecular weight excluding hydrogens is 467 g/mol. The molecule has 0 fully saturated rings. The van der Waals surface area contributed by atoms with Gasteiger partial charge in [0.15, 0.2) is 11.6 Å². The van der Waals surface area contributed by atoms with Crippen LogP contribution in [0.3, 0.4) is 0 Å². The Morgan fingerprint density at radius 2 is 1.91 bits per heavy atom. The van der Waals surface area contributed by atoms with Crippen LogP contribution in [0.1, 0.15) is 32.4 Å². The summed E-state index contributed by atoms with van der Waals surface area (Å²) in [5.41, 5.74) is 2.59. The van der Waals surface area contributed by atoms with Crippen LogP contribution in [-0.2, 0) is 16.0 Å². The molecule has 2 aromatic carbocycles. The second kappa shape index (κ2) is 11.5. The van der Waals surface area contributed by atoms with Crippen LogP contribution >= 0.6 is 11.3 Å². The first-order chi connectivity index (χ1) is 17.0. The highest BCUT2D eigenvalue weighted by molar-refractivity contribution is 7.10. The zero-order valence-electron chi connectivity index (χ0n) is 19.9. The molecule has 0 aliphatic carbocycles. The fourth-order valence-corrected chi connectivity index (χ4v) is 5.12. The van der Waals surface area contributed by atoms with Crippen LogP contribution < -0.4 is 4.74 Å². The van der Waals surface area contributed by atoms with Crippen LogP contribution in [-0.4, -0.2) is 61.6 Å². The maximum absolute atomic E-state index is 14.1. The number of fused-ring (bicyclic) bond motifs is 1. The summed E-state index contributed by atoms with van der Waals surface area (Å²) in [7, 11) is 1.56. The number of methoxy groups -OCH3 is 1. The maximum Gasteiger partial charge on any atom is 0.254 e. The lowest BCUT2D eigenvalue weighted by molar-refractivity contribution is -0.135. The highest BCUT2D eigenvalue weighted by Crippen LogP contribution is 2.34. The molecule has 8 heteroatoms. The first-order valence-electron chi connectivity index (χ1n) is 11.6. The monoisotopic (exact) mass is 496 g/mol.